The minimum absolute atomic E-state index is 0.0613. The largest absolute Gasteiger partial charge is 0.371 e. The Morgan fingerprint density at radius 1 is 1.62 bits per heavy atom. The van der Waals surface area contributed by atoms with Gasteiger partial charge in [-0.3, -0.25) is 0 Å². The number of thiophene rings is 1. The van der Waals surface area contributed by atoms with E-state index in [9.17, 15) is 0 Å². The number of rotatable bonds is 1. The molecule has 0 spiro atoms. The Morgan fingerprint density at radius 2 is 2.46 bits per heavy atom. The Morgan fingerprint density at radius 3 is 3.08 bits per heavy atom. The number of hydrogen-bond donors (Lipinski definition) is 1. The van der Waals surface area contributed by atoms with Gasteiger partial charge in [-0.2, -0.15) is 0 Å². The molecule has 0 amide bonds. The zero-order chi connectivity index (χ0) is 9.26. The lowest BCUT2D eigenvalue weighted by molar-refractivity contribution is 0.00236. The van der Waals surface area contributed by atoms with Gasteiger partial charge < -0.3 is 10.5 Å². The highest BCUT2D eigenvalue weighted by molar-refractivity contribution is 7.10. The second-order valence-corrected chi connectivity index (χ2v) is 4.64. The van der Waals surface area contributed by atoms with Gasteiger partial charge in [-0.15, -0.1) is 11.3 Å². The summed E-state index contributed by atoms with van der Waals surface area (Å²) in [6.45, 7) is 0.813. The van der Waals surface area contributed by atoms with Crippen molar-refractivity contribution in [2.75, 3.05) is 6.61 Å². The van der Waals surface area contributed by atoms with Crippen molar-refractivity contribution in [1.29, 1.82) is 0 Å². The molecule has 0 aromatic carbocycles. The Labute approximate surface area is 86.6 Å². The first-order chi connectivity index (χ1) is 6.27. The normalized spacial score (nSPS) is 29.1. The van der Waals surface area contributed by atoms with Crippen LogP contribution >= 0.6 is 22.9 Å². The van der Waals surface area contributed by atoms with Crippen molar-refractivity contribution < 1.29 is 4.74 Å². The van der Waals surface area contributed by atoms with E-state index in [-0.39, 0.29) is 12.1 Å². The summed E-state index contributed by atoms with van der Waals surface area (Å²) in [5.41, 5.74) is 5.96. The average molecular weight is 218 g/mol. The van der Waals surface area contributed by atoms with Gasteiger partial charge in [0.2, 0.25) is 0 Å². The SMILES string of the molecule is NC1CCCOC1c1cc(Cl)cs1. The van der Waals surface area contributed by atoms with Crippen LogP contribution < -0.4 is 5.73 Å². The molecule has 1 aromatic rings. The van der Waals surface area contributed by atoms with Crippen molar-refractivity contribution in [2.24, 2.45) is 5.73 Å². The highest BCUT2D eigenvalue weighted by Gasteiger charge is 2.25. The maximum Gasteiger partial charge on any atom is 0.107 e. The van der Waals surface area contributed by atoms with Gasteiger partial charge in [0.15, 0.2) is 0 Å². The van der Waals surface area contributed by atoms with E-state index in [0.717, 1.165) is 29.3 Å². The summed E-state index contributed by atoms with van der Waals surface area (Å²) >= 11 is 7.46. The number of hydrogen-bond acceptors (Lipinski definition) is 3. The van der Waals surface area contributed by atoms with Gasteiger partial charge in [0, 0.05) is 22.9 Å². The van der Waals surface area contributed by atoms with Crippen LogP contribution in [0.5, 0.6) is 0 Å². The molecule has 2 unspecified atom stereocenters. The van der Waals surface area contributed by atoms with Crippen LogP contribution in [0, 0.1) is 0 Å². The van der Waals surface area contributed by atoms with Crippen molar-refractivity contribution in [3.8, 4) is 0 Å². The molecule has 1 saturated heterocycles. The van der Waals surface area contributed by atoms with Crippen LogP contribution in [0.3, 0.4) is 0 Å². The Kier molecular flexibility index (Phi) is 2.89. The molecule has 2 atom stereocenters. The van der Waals surface area contributed by atoms with Crippen LogP contribution in [0.25, 0.3) is 0 Å². The van der Waals surface area contributed by atoms with Crippen molar-refractivity contribution in [3.05, 3.63) is 21.3 Å². The first-order valence-corrected chi connectivity index (χ1v) is 5.64. The molecular weight excluding hydrogens is 206 g/mol. The second kappa shape index (κ2) is 3.96. The van der Waals surface area contributed by atoms with E-state index >= 15 is 0 Å². The third-order valence-electron chi connectivity index (χ3n) is 2.24. The third kappa shape index (κ3) is 2.05. The fourth-order valence-corrected chi connectivity index (χ4v) is 2.78. The van der Waals surface area contributed by atoms with Crippen LogP contribution in [0.1, 0.15) is 23.8 Å². The Bertz CT molecular complexity index is 289. The number of nitrogens with two attached hydrogens (primary N) is 1. The minimum Gasteiger partial charge on any atom is -0.371 e. The monoisotopic (exact) mass is 217 g/mol. The van der Waals surface area contributed by atoms with Gasteiger partial charge in [0.1, 0.15) is 6.10 Å². The topological polar surface area (TPSA) is 35.2 Å². The van der Waals surface area contributed by atoms with E-state index in [1.54, 1.807) is 11.3 Å². The molecule has 1 aliphatic heterocycles. The summed E-state index contributed by atoms with van der Waals surface area (Å²) in [6, 6.07) is 2.07. The van der Waals surface area contributed by atoms with E-state index in [1.165, 1.54) is 0 Å². The lowest BCUT2D eigenvalue weighted by Crippen LogP contribution is -2.33. The van der Waals surface area contributed by atoms with Crippen LogP contribution in [0.15, 0.2) is 11.4 Å². The van der Waals surface area contributed by atoms with Gasteiger partial charge in [0.25, 0.3) is 0 Å². The molecule has 0 aliphatic carbocycles. The zero-order valence-corrected chi connectivity index (χ0v) is 8.77. The molecule has 2 rings (SSSR count). The summed E-state index contributed by atoms with van der Waals surface area (Å²) in [4.78, 5) is 1.15. The molecule has 2 nitrogen and oxygen atoms in total. The minimum atomic E-state index is 0.0613. The molecule has 2 heterocycles. The Hall–Kier alpha value is -0.0900. The Balaban J connectivity index is 2.14. The third-order valence-corrected chi connectivity index (χ3v) is 3.58. The van der Waals surface area contributed by atoms with Crippen molar-refractivity contribution in [3.63, 3.8) is 0 Å². The van der Waals surface area contributed by atoms with E-state index in [2.05, 4.69) is 0 Å². The summed E-state index contributed by atoms with van der Waals surface area (Å²) < 4.78 is 5.62. The maximum atomic E-state index is 5.96. The fourth-order valence-electron chi connectivity index (χ4n) is 1.57. The highest BCUT2D eigenvalue weighted by Crippen LogP contribution is 2.32. The maximum absolute atomic E-state index is 5.96. The molecule has 1 aliphatic rings. The summed E-state index contributed by atoms with van der Waals surface area (Å²) in [6.07, 6.45) is 2.17. The van der Waals surface area contributed by atoms with Gasteiger partial charge in [-0.1, -0.05) is 11.6 Å². The molecule has 13 heavy (non-hydrogen) atoms. The van der Waals surface area contributed by atoms with Crippen molar-refractivity contribution in [1.82, 2.24) is 0 Å². The van der Waals surface area contributed by atoms with E-state index in [0.29, 0.717) is 0 Å². The van der Waals surface area contributed by atoms with Gasteiger partial charge in [-0.25, -0.2) is 0 Å². The van der Waals surface area contributed by atoms with E-state index < -0.39 is 0 Å². The molecule has 72 valence electrons. The smallest absolute Gasteiger partial charge is 0.107 e. The first-order valence-electron chi connectivity index (χ1n) is 4.38. The molecule has 1 fully saturated rings. The van der Waals surface area contributed by atoms with Gasteiger partial charge >= 0.3 is 0 Å². The van der Waals surface area contributed by atoms with E-state index in [1.807, 2.05) is 11.4 Å². The molecule has 1 aromatic heterocycles. The lowest BCUT2D eigenvalue weighted by atomic mass is 10.0. The van der Waals surface area contributed by atoms with Gasteiger partial charge in [0.05, 0.1) is 5.02 Å². The highest BCUT2D eigenvalue weighted by atomic mass is 35.5. The van der Waals surface area contributed by atoms with Crippen LogP contribution in [0.2, 0.25) is 5.02 Å². The quantitative estimate of drug-likeness (QED) is 0.785. The second-order valence-electron chi connectivity index (χ2n) is 3.26. The first kappa shape index (κ1) is 9.46. The zero-order valence-electron chi connectivity index (χ0n) is 7.20. The van der Waals surface area contributed by atoms with Crippen LogP contribution in [-0.2, 0) is 4.74 Å². The molecule has 0 bridgehead atoms. The molecule has 0 radical (unpaired) electrons. The summed E-state index contributed by atoms with van der Waals surface area (Å²) in [5, 5.41) is 2.70. The molecule has 4 heteroatoms. The predicted octanol–water partition coefficient (Wildman–Crippen LogP) is 2.58. The van der Waals surface area contributed by atoms with Crippen molar-refractivity contribution >= 4 is 22.9 Å². The standard InChI is InChI=1S/C9H12ClNOS/c10-6-4-8(13-5-6)9-7(11)2-1-3-12-9/h4-5,7,9H,1-3,11H2. The molecular formula is C9H12ClNOS. The van der Waals surface area contributed by atoms with Gasteiger partial charge in [-0.05, 0) is 18.9 Å². The lowest BCUT2D eigenvalue weighted by Gasteiger charge is -2.27. The summed E-state index contributed by atoms with van der Waals surface area (Å²) in [5.74, 6) is 0. The van der Waals surface area contributed by atoms with Crippen LogP contribution in [0.4, 0.5) is 0 Å². The number of halogens is 1. The average Bonchev–Trinajstić information content (AvgIpc) is 2.53. The molecule has 0 saturated carbocycles. The number of ether oxygens (including phenoxy) is 1. The van der Waals surface area contributed by atoms with E-state index in [4.69, 9.17) is 22.1 Å². The fraction of sp³-hybridized carbons (Fsp3) is 0.556. The van der Waals surface area contributed by atoms with Crippen molar-refractivity contribution in [2.45, 2.75) is 25.0 Å². The summed E-state index contributed by atoms with van der Waals surface area (Å²) in [7, 11) is 0. The predicted molar refractivity (Wildman–Crippen MR) is 55.2 cm³/mol. The molecule has 2 N–H and O–H groups in total. The van der Waals surface area contributed by atoms with Crippen LogP contribution in [-0.4, -0.2) is 12.6 Å².